The van der Waals surface area contributed by atoms with Crippen molar-refractivity contribution in [3.05, 3.63) is 33.3 Å². The van der Waals surface area contributed by atoms with Crippen LogP contribution >= 0.6 is 27.5 Å². The maximum atomic E-state index is 12.4. The van der Waals surface area contributed by atoms with Crippen LogP contribution in [-0.4, -0.2) is 11.4 Å². The van der Waals surface area contributed by atoms with Crippen LogP contribution < -0.4 is 5.32 Å². The molecule has 1 N–H and O–H groups in total. The van der Waals surface area contributed by atoms with E-state index in [0.717, 1.165) is 43.0 Å². The second kappa shape index (κ2) is 6.60. The van der Waals surface area contributed by atoms with Gasteiger partial charge in [-0.25, -0.2) is 0 Å². The molecule has 0 atom stereocenters. The van der Waals surface area contributed by atoms with Gasteiger partial charge in [0.05, 0.1) is 6.07 Å². The molecule has 0 radical (unpaired) electrons. The standard InChI is InChI=1S/C15H16BrClN2O/c16-12-7-11(8-13(17)9-12)14(20)19-15(10-18)5-3-1-2-4-6-15/h7-9H,1-6H2,(H,19,20). The fourth-order valence-electron chi connectivity index (χ4n) is 2.57. The Morgan fingerprint density at radius 1 is 1.25 bits per heavy atom. The lowest BCUT2D eigenvalue weighted by Gasteiger charge is -2.26. The molecule has 0 spiro atoms. The van der Waals surface area contributed by atoms with Gasteiger partial charge >= 0.3 is 0 Å². The highest BCUT2D eigenvalue weighted by molar-refractivity contribution is 9.10. The van der Waals surface area contributed by atoms with E-state index in [4.69, 9.17) is 11.6 Å². The molecule has 2 rings (SSSR count). The third-order valence-corrected chi connectivity index (χ3v) is 4.32. The number of hydrogen-bond acceptors (Lipinski definition) is 2. The molecule has 1 aromatic carbocycles. The first-order chi connectivity index (χ1) is 9.54. The molecule has 106 valence electrons. The van der Waals surface area contributed by atoms with Gasteiger partial charge < -0.3 is 5.32 Å². The maximum absolute atomic E-state index is 12.4. The van der Waals surface area contributed by atoms with Gasteiger partial charge in [-0.3, -0.25) is 4.79 Å². The lowest BCUT2D eigenvalue weighted by molar-refractivity contribution is 0.0913. The number of amides is 1. The number of carbonyl (C=O) groups excluding carboxylic acids is 1. The number of hydrogen-bond donors (Lipinski definition) is 1. The summed E-state index contributed by atoms with van der Waals surface area (Å²) < 4.78 is 0.752. The van der Waals surface area contributed by atoms with E-state index in [0.29, 0.717) is 10.6 Å². The molecule has 0 heterocycles. The Bertz CT molecular complexity index is 525. The second-order valence-electron chi connectivity index (χ2n) is 5.22. The van der Waals surface area contributed by atoms with Gasteiger partial charge in [0.1, 0.15) is 5.54 Å². The molecule has 1 amide bonds. The summed E-state index contributed by atoms with van der Waals surface area (Å²) >= 11 is 9.28. The Morgan fingerprint density at radius 2 is 1.90 bits per heavy atom. The van der Waals surface area contributed by atoms with Crippen LogP contribution in [0.2, 0.25) is 5.02 Å². The molecule has 1 saturated carbocycles. The van der Waals surface area contributed by atoms with Crippen molar-refractivity contribution in [3.8, 4) is 6.07 Å². The van der Waals surface area contributed by atoms with E-state index in [2.05, 4.69) is 27.3 Å². The molecule has 1 aliphatic carbocycles. The molecule has 5 heteroatoms. The third-order valence-electron chi connectivity index (χ3n) is 3.65. The minimum absolute atomic E-state index is 0.239. The van der Waals surface area contributed by atoms with Crippen molar-refractivity contribution >= 4 is 33.4 Å². The first kappa shape index (κ1) is 15.3. The predicted octanol–water partition coefficient (Wildman–Crippen LogP) is 4.45. The highest BCUT2D eigenvalue weighted by Crippen LogP contribution is 2.27. The molecule has 0 bridgehead atoms. The van der Waals surface area contributed by atoms with Crippen LogP contribution in [0.5, 0.6) is 0 Å². The van der Waals surface area contributed by atoms with E-state index >= 15 is 0 Å². The molecular weight excluding hydrogens is 340 g/mol. The number of carbonyl (C=O) groups is 1. The fourth-order valence-corrected chi connectivity index (χ4v) is 3.43. The summed E-state index contributed by atoms with van der Waals surface area (Å²) in [5.74, 6) is -0.239. The van der Waals surface area contributed by atoms with Gasteiger partial charge in [-0.2, -0.15) is 5.26 Å². The van der Waals surface area contributed by atoms with E-state index in [1.807, 2.05) is 0 Å². The van der Waals surface area contributed by atoms with Crippen molar-refractivity contribution in [2.45, 2.75) is 44.1 Å². The Morgan fingerprint density at radius 3 is 2.45 bits per heavy atom. The van der Waals surface area contributed by atoms with Crippen molar-refractivity contribution in [1.29, 1.82) is 5.26 Å². The Hall–Kier alpha value is -1.05. The van der Waals surface area contributed by atoms with Crippen LogP contribution in [0.25, 0.3) is 0 Å². The average molecular weight is 356 g/mol. The van der Waals surface area contributed by atoms with E-state index in [1.165, 1.54) is 0 Å². The fraction of sp³-hybridized carbons (Fsp3) is 0.467. The van der Waals surface area contributed by atoms with Gasteiger partial charge in [-0.05, 0) is 31.0 Å². The van der Waals surface area contributed by atoms with Crippen molar-refractivity contribution in [1.82, 2.24) is 5.32 Å². The second-order valence-corrected chi connectivity index (χ2v) is 6.57. The number of nitrogens with zero attached hydrogens (tertiary/aromatic N) is 1. The summed E-state index contributed by atoms with van der Waals surface area (Å²) in [5, 5.41) is 12.9. The normalized spacial score (nSPS) is 17.9. The van der Waals surface area contributed by atoms with E-state index in [9.17, 15) is 10.1 Å². The van der Waals surface area contributed by atoms with Gasteiger partial charge in [0.25, 0.3) is 5.91 Å². The molecule has 3 nitrogen and oxygen atoms in total. The minimum Gasteiger partial charge on any atom is -0.334 e. The molecule has 0 aliphatic heterocycles. The molecular formula is C15H16BrClN2O. The predicted molar refractivity (Wildman–Crippen MR) is 82.7 cm³/mol. The lowest BCUT2D eigenvalue weighted by Crippen LogP contribution is -2.47. The number of rotatable bonds is 2. The third kappa shape index (κ3) is 3.74. The first-order valence-electron chi connectivity index (χ1n) is 6.74. The summed E-state index contributed by atoms with van der Waals surface area (Å²) in [7, 11) is 0. The smallest absolute Gasteiger partial charge is 0.252 e. The van der Waals surface area contributed by atoms with Crippen LogP contribution in [0.3, 0.4) is 0 Å². The highest BCUT2D eigenvalue weighted by atomic mass is 79.9. The molecule has 20 heavy (non-hydrogen) atoms. The van der Waals surface area contributed by atoms with Gasteiger partial charge in [0.15, 0.2) is 0 Å². The summed E-state index contributed by atoms with van der Waals surface area (Å²) in [6.45, 7) is 0. The highest BCUT2D eigenvalue weighted by Gasteiger charge is 2.32. The Balaban J connectivity index is 2.18. The first-order valence-corrected chi connectivity index (χ1v) is 7.92. The zero-order chi connectivity index (χ0) is 14.6. The number of benzene rings is 1. The lowest BCUT2D eigenvalue weighted by atomic mass is 9.91. The molecule has 1 aliphatic rings. The van der Waals surface area contributed by atoms with E-state index in [-0.39, 0.29) is 5.91 Å². The molecule has 0 aromatic heterocycles. The Labute approximate surface area is 132 Å². The van der Waals surface area contributed by atoms with Crippen molar-refractivity contribution in [3.63, 3.8) is 0 Å². The van der Waals surface area contributed by atoms with E-state index in [1.54, 1.807) is 18.2 Å². The molecule has 0 unspecified atom stereocenters. The van der Waals surface area contributed by atoms with Crippen LogP contribution in [0.15, 0.2) is 22.7 Å². The molecule has 1 fully saturated rings. The van der Waals surface area contributed by atoms with E-state index < -0.39 is 5.54 Å². The minimum atomic E-state index is -0.734. The monoisotopic (exact) mass is 354 g/mol. The number of nitriles is 1. The SMILES string of the molecule is N#CC1(NC(=O)c2cc(Cl)cc(Br)c2)CCCCCC1. The summed E-state index contributed by atoms with van der Waals surface area (Å²) in [5.41, 5.74) is -0.259. The summed E-state index contributed by atoms with van der Waals surface area (Å²) in [6.07, 6.45) is 5.65. The molecule has 0 saturated heterocycles. The van der Waals surface area contributed by atoms with Gasteiger partial charge in [-0.15, -0.1) is 0 Å². The zero-order valence-corrected chi connectivity index (χ0v) is 13.4. The van der Waals surface area contributed by atoms with Crippen molar-refractivity contribution in [2.24, 2.45) is 0 Å². The molecule has 1 aromatic rings. The van der Waals surface area contributed by atoms with Crippen molar-refractivity contribution in [2.75, 3.05) is 0 Å². The quantitative estimate of drug-likeness (QED) is 0.797. The zero-order valence-electron chi connectivity index (χ0n) is 11.1. The van der Waals surface area contributed by atoms with Gasteiger partial charge in [0, 0.05) is 15.1 Å². The maximum Gasteiger partial charge on any atom is 0.252 e. The van der Waals surface area contributed by atoms with Crippen LogP contribution in [0, 0.1) is 11.3 Å². The van der Waals surface area contributed by atoms with Gasteiger partial charge in [-0.1, -0.05) is 53.2 Å². The van der Waals surface area contributed by atoms with Crippen LogP contribution in [0.4, 0.5) is 0 Å². The van der Waals surface area contributed by atoms with Crippen LogP contribution in [-0.2, 0) is 0 Å². The average Bonchev–Trinajstić information content (AvgIpc) is 2.64. The largest absolute Gasteiger partial charge is 0.334 e. The van der Waals surface area contributed by atoms with Crippen molar-refractivity contribution < 1.29 is 4.79 Å². The van der Waals surface area contributed by atoms with Crippen LogP contribution in [0.1, 0.15) is 48.9 Å². The topological polar surface area (TPSA) is 52.9 Å². The Kier molecular flexibility index (Phi) is 5.06. The summed E-state index contributed by atoms with van der Waals surface area (Å²) in [4.78, 5) is 12.4. The number of halogens is 2. The number of nitrogens with one attached hydrogen (secondary N) is 1. The van der Waals surface area contributed by atoms with Gasteiger partial charge in [0.2, 0.25) is 0 Å². The summed E-state index contributed by atoms with van der Waals surface area (Å²) in [6, 6.07) is 7.36.